The van der Waals surface area contributed by atoms with Crippen molar-refractivity contribution < 1.29 is 18.0 Å². The van der Waals surface area contributed by atoms with Crippen LogP contribution in [0.25, 0.3) is 10.8 Å². The Kier molecular flexibility index (Phi) is 3.47. The number of anilines is 1. The Morgan fingerprint density at radius 1 is 0.846 bits per heavy atom. The Morgan fingerprint density at radius 3 is 2.08 bits per heavy atom. The lowest BCUT2D eigenvalue weighted by Crippen LogP contribution is -2.40. The summed E-state index contributed by atoms with van der Waals surface area (Å²) >= 11 is 0. The van der Waals surface area contributed by atoms with E-state index < -0.39 is 21.8 Å². The van der Waals surface area contributed by atoms with Gasteiger partial charge in [0.15, 0.2) is 0 Å². The molecular formula is C19H14N2O4S. The largest absolute Gasteiger partial charge is 0.268 e. The summed E-state index contributed by atoms with van der Waals surface area (Å²) in [6.45, 7) is 1.93. The van der Waals surface area contributed by atoms with Crippen molar-refractivity contribution in [3.05, 3.63) is 71.3 Å². The number of primary sulfonamides is 1. The quantitative estimate of drug-likeness (QED) is 0.705. The van der Waals surface area contributed by atoms with E-state index in [1.165, 1.54) is 24.3 Å². The Labute approximate surface area is 149 Å². The van der Waals surface area contributed by atoms with Crippen LogP contribution in [0.1, 0.15) is 26.3 Å². The molecule has 2 N–H and O–H groups in total. The number of benzene rings is 3. The van der Waals surface area contributed by atoms with Gasteiger partial charge in [-0.05, 0) is 54.3 Å². The molecule has 130 valence electrons. The molecule has 1 aliphatic heterocycles. The van der Waals surface area contributed by atoms with Gasteiger partial charge in [0, 0.05) is 16.5 Å². The summed E-state index contributed by atoms with van der Waals surface area (Å²) in [5.74, 6) is -0.885. The highest BCUT2D eigenvalue weighted by atomic mass is 32.2. The fourth-order valence-corrected chi connectivity index (χ4v) is 3.78. The van der Waals surface area contributed by atoms with Crippen LogP contribution in [-0.4, -0.2) is 20.2 Å². The van der Waals surface area contributed by atoms with Gasteiger partial charge in [-0.1, -0.05) is 18.2 Å². The lowest BCUT2D eigenvalue weighted by molar-refractivity contribution is 0.0893. The molecule has 1 aliphatic rings. The van der Waals surface area contributed by atoms with Gasteiger partial charge in [-0.15, -0.1) is 0 Å². The van der Waals surface area contributed by atoms with E-state index in [1.807, 2.05) is 19.1 Å². The second-order valence-electron chi connectivity index (χ2n) is 6.14. The third-order valence-corrected chi connectivity index (χ3v) is 5.48. The number of carbonyl (C=O) groups is 2. The van der Waals surface area contributed by atoms with Crippen LogP contribution in [0.4, 0.5) is 5.69 Å². The van der Waals surface area contributed by atoms with Crippen LogP contribution in [0.2, 0.25) is 0 Å². The zero-order valence-electron chi connectivity index (χ0n) is 13.8. The van der Waals surface area contributed by atoms with Crippen LogP contribution >= 0.6 is 0 Å². The number of amides is 2. The van der Waals surface area contributed by atoms with Crippen molar-refractivity contribution in [2.45, 2.75) is 11.8 Å². The number of hydrogen-bond donors (Lipinski definition) is 1. The van der Waals surface area contributed by atoms with Gasteiger partial charge in [-0.3, -0.25) is 9.59 Å². The number of hydrogen-bond acceptors (Lipinski definition) is 4. The van der Waals surface area contributed by atoms with Gasteiger partial charge in [0.2, 0.25) is 10.0 Å². The number of rotatable bonds is 2. The third kappa shape index (κ3) is 2.33. The topological polar surface area (TPSA) is 97.5 Å². The molecule has 0 radical (unpaired) electrons. The summed E-state index contributed by atoms with van der Waals surface area (Å²) in [7, 11) is -3.85. The monoisotopic (exact) mass is 366 g/mol. The summed E-state index contributed by atoms with van der Waals surface area (Å²) in [4.78, 5) is 26.9. The van der Waals surface area contributed by atoms with Gasteiger partial charge in [0.25, 0.3) is 11.8 Å². The van der Waals surface area contributed by atoms with E-state index in [4.69, 9.17) is 5.14 Å². The average molecular weight is 366 g/mol. The highest BCUT2D eigenvalue weighted by Gasteiger charge is 2.34. The van der Waals surface area contributed by atoms with Crippen molar-refractivity contribution in [2.75, 3.05) is 4.90 Å². The molecule has 0 bridgehead atoms. The van der Waals surface area contributed by atoms with Gasteiger partial charge in [-0.2, -0.15) is 0 Å². The first-order chi connectivity index (χ1) is 12.3. The summed E-state index contributed by atoms with van der Waals surface area (Å²) in [6, 6.07) is 14.3. The van der Waals surface area contributed by atoms with Crippen molar-refractivity contribution in [3.63, 3.8) is 0 Å². The normalized spacial score (nSPS) is 14.2. The molecule has 26 heavy (non-hydrogen) atoms. The first-order valence-electron chi connectivity index (χ1n) is 7.83. The van der Waals surface area contributed by atoms with Gasteiger partial charge in [-0.25, -0.2) is 18.5 Å². The van der Waals surface area contributed by atoms with Crippen molar-refractivity contribution in [3.8, 4) is 0 Å². The minimum absolute atomic E-state index is 0.0868. The molecule has 3 aromatic rings. The van der Waals surface area contributed by atoms with E-state index in [-0.39, 0.29) is 10.6 Å². The predicted molar refractivity (Wildman–Crippen MR) is 97.6 cm³/mol. The van der Waals surface area contributed by atoms with Gasteiger partial charge in [0.1, 0.15) is 0 Å². The standard InChI is InChI=1S/C19H14N2O4S/c1-11-5-10-16-17-14(11)3-2-4-15(17)18(22)21(19(16)23)12-6-8-13(9-7-12)26(20,24)25/h2-10H,1H3,(H2,20,24,25). The maximum atomic E-state index is 13.0. The smallest absolute Gasteiger partial charge is 0.265 e. The lowest BCUT2D eigenvalue weighted by Gasteiger charge is -2.27. The maximum Gasteiger partial charge on any atom is 0.265 e. The SMILES string of the molecule is Cc1ccc2c3c(cccc13)C(=O)N(c1ccc(S(N)(=O)=O)cc1)C2=O. The molecule has 0 fully saturated rings. The highest BCUT2D eigenvalue weighted by molar-refractivity contribution is 7.89. The predicted octanol–water partition coefficient (Wildman–Crippen LogP) is 2.60. The minimum Gasteiger partial charge on any atom is -0.268 e. The number of carbonyl (C=O) groups excluding carboxylic acids is 2. The van der Waals surface area contributed by atoms with Crippen LogP contribution in [-0.2, 0) is 10.0 Å². The minimum atomic E-state index is -3.85. The zero-order chi connectivity index (χ0) is 18.6. The molecule has 2 amide bonds. The molecular weight excluding hydrogens is 352 g/mol. The Morgan fingerprint density at radius 2 is 1.46 bits per heavy atom. The zero-order valence-corrected chi connectivity index (χ0v) is 14.6. The molecule has 0 aliphatic carbocycles. The number of nitrogens with zero attached hydrogens (tertiary/aromatic N) is 1. The Balaban J connectivity index is 1.90. The molecule has 0 atom stereocenters. The first kappa shape index (κ1) is 16.4. The average Bonchev–Trinajstić information content (AvgIpc) is 2.60. The molecule has 1 heterocycles. The molecule has 0 saturated heterocycles. The first-order valence-corrected chi connectivity index (χ1v) is 9.37. The van der Waals surface area contributed by atoms with Crippen molar-refractivity contribution in [2.24, 2.45) is 5.14 Å². The molecule has 0 unspecified atom stereocenters. The van der Waals surface area contributed by atoms with Crippen LogP contribution in [0.3, 0.4) is 0 Å². The van der Waals surface area contributed by atoms with Crippen LogP contribution in [0.15, 0.2) is 59.5 Å². The van der Waals surface area contributed by atoms with E-state index in [0.717, 1.165) is 15.8 Å². The fraction of sp³-hybridized carbons (Fsp3) is 0.0526. The van der Waals surface area contributed by atoms with E-state index in [9.17, 15) is 18.0 Å². The molecule has 0 spiro atoms. The van der Waals surface area contributed by atoms with Crippen molar-refractivity contribution in [1.82, 2.24) is 0 Å². The number of imide groups is 1. The Hall–Kier alpha value is -3.03. The highest BCUT2D eigenvalue weighted by Crippen LogP contribution is 2.34. The summed E-state index contributed by atoms with van der Waals surface area (Å²) in [5.41, 5.74) is 2.15. The molecule has 7 heteroatoms. The van der Waals surface area contributed by atoms with Crippen molar-refractivity contribution in [1.29, 1.82) is 0 Å². The molecule has 6 nitrogen and oxygen atoms in total. The van der Waals surface area contributed by atoms with E-state index in [1.54, 1.807) is 18.2 Å². The Bertz CT molecular complexity index is 1180. The van der Waals surface area contributed by atoms with E-state index in [2.05, 4.69) is 0 Å². The molecule has 0 saturated carbocycles. The second-order valence-corrected chi connectivity index (χ2v) is 7.70. The molecule has 4 rings (SSSR count). The number of sulfonamides is 1. The number of aryl methyl sites for hydroxylation is 1. The van der Waals surface area contributed by atoms with Crippen molar-refractivity contribution >= 4 is 38.3 Å². The number of nitrogens with two attached hydrogens (primary N) is 1. The van der Waals surface area contributed by atoms with Gasteiger partial charge >= 0.3 is 0 Å². The molecule has 0 aromatic heterocycles. The molecule has 3 aromatic carbocycles. The second kappa shape index (κ2) is 5.48. The summed E-state index contributed by atoms with van der Waals surface area (Å²) < 4.78 is 22.8. The lowest BCUT2D eigenvalue weighted by atomic mass is 9.91. The summed E-state index contributed by atoms with van der Waals surface area (Å²) in [5, 5.41) is 6.61. The third-order valence-electron chi connectivity index (χ3n) is 4.55. The van der Waals surface area contributed by atoms with Crippen LogP contribution < -0.4 is 10.0 Å². The fourth-order valence-electron chi connectivity index (χ4n) is 3.26. The van der Waals surface area contributed by atoms with Crippen LogP contribution in [0, 0.1) is 6.92 Å². The summed E-state index contributed by atoms with van der Waals surface area (Å²) in [6.07, 6.45) is 0. The van der Waals surface area contributed by atoms with Gasteiger partial charge < -0.3 is 0 Å². The van der Waals surface area contributed by atoms with E-state index >= 15 is 0 Å². The van der Waals surface area contributed by atoms with Gasteiger partial charge in [0.05, 0.1) is 10.6 Å². The van der Waals surface area contributed by atoms with E-state index in [0.29, 0.717) is 16.5 Å². The van der Waals surface area contributed by atoms with Crippen LogP contribution in [0.5, 0.6) is 0 Å². The maximum absolute atomic E-state index is 13.0.